The molecule has 1 aromatic heterocycles. The van der Waals surface area contributed by atoms with E-state index in [2.05, 4.69) is 11.8 Å². The highest BCUT2D eigenvalue weighted by Gasteiger charge is 2.26. The van der Waals surface area contributed by atoms with Crippen LogP contribution in [0.4, 0.5) is 0 Å². The minimum absolute atomic E-state index is 0.00111. The van der Waals surface area contributed by atoms with Crippen molar-refractivity contribution in [2.75, 3.05) is 26.9 Å². The summed E-state index contributed by atoms with van der Waals surface area (Å²) in [5, 5.41) is 10.6. The molecule has 0 bridgehead atoms. The Hall–Kier alpha value is -1.35. The standard InChI is InChI=1S/C14H17NO3S/c1-15(12-5-8-18-10-12)14(17)13-11(6-9-19-13)4-2-3-7-16/h6,9,12,16H,3,5,7-8,10H2,1H3. The Morgan fingerprint density at radius 2 is 2.53 bits per heavy atom. The normalized spacial score (nSPS) is 17.9. The number of ether oxygens (including phenoxy) is 1. The van der Waals surface area contributed by atoms with Gasteiger partial charge in [-0.2, -0.15) is 0 Å². The first kappa shape index (κ1) is 14.1. The highest BCUT2D eigenvalue weighted by molar-refractivity contribution is 7.12. The van der Waals surface area contributed by atoms with Crippen LogP contribution in [0.1, 0.15) is 28.1 Å². The maximum Gasteiger partial charge on any atom is 0.265 e. The van der Waals surface area contributed by atoms with Crippen molar-refractivity contribution in [3.63, 3.8) is 0 Å². The molecule has 102 valence electrons. The summed E-state index contributed by atoms with van der Waals surface area (Å²) in [5.74, 6) is 5.79. The lowest BCUT2D eigenvalue weighted by Crippen LogP contribution is -2.37. The zero-order chi connectivity index (χ0) is 13.7. The van der Waals surface area contributed by atoms with Gasteiger partial charge < -0.3 is 14.7 Å². The second kappa shape index (κ2) is 6.71. The summed E-state index contributed by atoms with van der Waals surface area (Å²) in [4.78, 5) is 14.8. The number of likely N-dealkylation sites (N-methyl/N-ethyl adjacent to an activating group) is 1. The predicted octanol–water partition coefficient (Wildman–Crippen LogP) is 1.34. The van der Waals surface area contributed by atoms with Crippen molar-refractivity contribution in [1.29, 1.82) is 0 Å². The highest BCUT2D eigenvalue weighted by atomic mass is 32.1. The molecule has 2 rings (SSSR count). The van der Waals surface area contributed by atoms with Gasteiger partial charge in [0.05, 0.1) is 19.3 Å². The molecule has 1 aliphatic rings. The van der Waals surface area contributed by atoms with Crippen LogP contribution in [0.3, 0.4) is 0 Å². The first-order valence-electron chi connectivity index (χ1n) is 6.26. The average molecular weight is 279 g/mol. The summed E-state index contributed by atoms with van der Waals surface area (Å²) < 4.78 is 5.31. The molecule has 1 atom stereocenters. The monoisotopic (exact) mass is 279 g/mol. The summed E-state index contributed by atoms with van der Waals surface area (Å²) in [5.41, 5.74) is 0.745. The summed E-state index contributed by atoms with van der Waals surface area (Å²) in [6.45, 7) is 1.37. The van der Waals surface area contributed by atoms with E-state index in [9.17, 15) is 4.79 Å². The van der Waals surface area contributed by atoms with Gasteiger partial charge in [-0.25, -0.2) is 0 Å². The Kier molecular flexibility index (Phi) is 4.97. The SMILES string of the molecule is CN(C(=O)c1sccc1C#CCCO)C1CCOC1. The lowest BCUT2D eigenvalue weighted by Gasteiger charge is -2.22. The van der Waals surface area contributed by atoms with Crippen LogP contribution in [0, 0.1) is 11.8 Å². The molecule has 19 heavy (non-hydrogen) atoms. The molecule has 4 nitrogen and oxygen atoms in total. The fourth-order valence-electron chi connectivity index (χ4n) is 1.94. The fourth-order valence-corrected chi connectivity index (χ4v) is 2.77. The van der Waals surface area contributed by atoms with Gasteiger partial charge in [-0.15, -0.1) is 11.3 Å². The van der Waals surface area contributed by atoms with Crippen molar-refractivity contribution in [2.45, 2.75) is 18.9 Å². The molecule has 1 N–H and O–H groups in total. The minimum Gasteiger partial charge on any atom is -0.395 e. The first-order valence-corrected chi connectivity index (χ1v) is 7.14. The summed E-state index contributed by atoms with van der Waals surface area (Å²) >= 11 is 1.41. The number of nitrogens with zero attached hydrogens (tertiary/aromatic N) is 1. The van der Waals surface area contributed by atoms with Gasteiger partial charge in [0, 0.05) is 25.6 Å². The van der Waals surface area contributed by atoms with Crippen LogP contribution in [0.2, 0.25) is 0 Å². The maximum absolute atomic E-state index is 12.4. The van der Waals surface area contributed by atoms with Gasteiger partial charge in [-0.3, -0.25) is 4.79 Å². The van der Waals surface area contributed by atoms with E-state index in [4.69, 9.17) is 9.84 Å². The second-order valence-electron chi connectivity index (χ2n) is 4.37. The van der Waals surface area contributed by atoms with E-state index >= 15 is 0 Å². The minimum atomic E-state index is -0.00111. The van der Waals surface area contributed by atoms with Crippen LogP contribution < -0.4 is 0 Å². The number of hydrogen-bond acceptors (Lipinski definition) is 4. The first-order chi connectivity index (χ1) is 9.24. The van der Waals surface area contributed by atoms with Crippen LogP contribution in [-0.2, 0) is 4.74 Å². The van der Waals surface area contributed by atoms with Gasteiger partial charge >= 0.3 is 0 Å². The number of rotatable bonds is 3. The van der Waals surface area contributed by atoms with Crippen molar-refractivity contribution < 1.29 is 14.6 Å². The lowest BCUT2D eigenvalue weighted by molar-refractivity contribution is 0.0716. The average Bonchev–Trinajstić information content (AvgIpc) is 3.08. The zero-order valence-corrected chi connectivity index (χ0v) is 11.7. The van der Waals surface area contributed by atoms with E-state index < -0.39 is 0 Å². The summed E-state index contributed by atoms with van der Waals surface area (Å²) in [7, 11) is 1.81. The van der Waals surface area contributed by atoms with Gasteiger partial charge in [0.1, 0.15) is 4.88 Å². The van der Waals surface area contributed by atoms with Crippen molar-refractivity contribution >= 4 is 17.2 Å². The lowest BCUT2D eigenvalue weighted by atomic mass is 10.2. The Morgan fingerprint density at radius 3 is 3.21 bits per heavy atom. The third kappa shape index (κ3) is 3.35. The molecule has 0 saturated carbocycles. The van der Waals surface area contributed by atoms with Crippen LogP contribution in [0.25, 0.3) is 0 Å². The molecule has 1 aliphatic heterocycles. The number of thiophene rings is 1. The predicted molar refractivity (Wildman–Crippen MR) is 74.2 cm³/mol. The number of amides is 1. The fraction of sp³-hybridized carbons (Fsp3) is 0.500. The number of carbonyl (C=O) groups excluding carboxylic acids is 1. The van der Waals surface area contributed by atoms with E-state index in [1.54, 1.807) is 4.90 Å². The Labute approximate surface area is 117 Å². The molecule has 2 heterocycles. The molecule has 5 heteroatoms. The number of carbonyl (C=O) groups is 1. The van der Waals surface area contributed by atoms with Crippen LogP contribution >= 0.6 is 11.3 Å². The molecule has 0 aliphatic carbocycles. The topological polar surface area (TPSA) is 49.8 Å². The largest absolute Gasteiger partial charge is 0.395 e. The van der Waals surface area contributed by atoms with Gasteiger partial charge in [0.25, 0.3) is 5.91 Å². The third-order valence-corrected chi connectivity index (χ3v) is 4.00. The van der Waals surface area contributed by atoms with Crippen LogP contribution in [0.5, 0.6) is 0 Å². The van der Waals surface area contributed by atoms with Crippen molar-refractivity contribution in [3.05, 3.63) is 21.9 Å². The van der Waals surface area contributed by atoms with E-state index in [1.807, 2.05) is 18.5 Å². The quantitative estimate of drug-likeness (QED) is 0.850. The maximum atomic E-state index is 12.4. The van der Waals surface area contributed by atoms with Gasteiger partial charge in [0.2, 0.25) is 0 Å². The number of hydrogen-bond donors (Lipinski definition) is 1. The molecule has 1 amide bonds. The molecule has 1 saturated heterocycles. The zero-order valence-electron chi connectivity index (χ0n) is 10.9. The van der Waals surface area contributed by atoms with Gasteiger partial charge in [-0.1, -0.05) is 11.8 Å². The third-order valence-electron chi connectivity index (χ3n) is 3.09. The molecule has 1 aromatic rings. The van der Waals surface area contributed by atoms with Gasteiger partial charge in [0.15, 0.2) is 0 Å². The van der Waals surface area contributed by atoms with Crippen LogP contribution in [0.15, 0.2) is 11.4 Å². The second-order valence-corrected chi connectivity index (χ2v) is 5.29. The van der Waals surface area contributed by atoms with E-state index in [1.165, 1.54) is 11.3 Å². The van der Waals surface area contributed by atoms with E-state index in [0.717, 1.165) is 18.6 Å². The summed E-state index contributed by atoms with van der Waals surface area (Å²) in [6.07, 6.45) is 1.31. The highest BCUT2D eigenvalue weighted by Crippen LogP contribution is 2.21. The summed E-state index contributed by atoms with van der Waals surface area (Å²) in [6, 6.07) is 2.01. The number of aliphatic hydroxyl groups excluding tert-OH is 1. The Morgan fingerprint density at radius 1 is 1.68 bits per heavy atom. The molecule has 0 aromatic carbocycles. The Bertz CT molecular complexity index is 494. The smallest absolute Gasteiger partial charge is 0.265 e. The van der Waals surface area contributed by atoms with Crippen molar-refractivity contribution in [1.82, 2.24) is 4.90 Å². The molecule has 1 unspecified atom stereocenters. The van der Waals surface area contributed by atoms with Crippen molar-refractivity contribution in [3.8, 4) is 11.8 Å². The van der Waals surface area contributed by atoms with Crippen LogP contribution in [-0.4, -0.2) is 48.8 Å². The molecule has 0 spiro atoms. The van der Waals surface area contributed by atoms with Crippen molar-refractivity contribution in [2.24, 2.45) is 0 Å². The molecule has 1 fully saturated rings. The van der Waals surface area contributed by atoms with Gasteiger partial charge in [-0.05, 0) is 17.9 Å². The Balaban J connectivity index is 2.11. The van der Waals surface area contributed by atoms with E-state index in [-0.39, 0.29) is 18.6 Å². The van der Waals surface area contributed by atoms with E-state index in [0.29, 0.717) is 17.9 Å². The molecular formula is C14H17NO3S. The molecular weight excluding hydrogens is 262 g/mol. The molecule has 0 radical (unpaired) electrons. The number of aliphatic hydroxyl groups is 1.